The summed E-state index contributed by atoms with van der Waals surface area (Å²) in [4.78, 5) is 71.0. The van der Waals surface area contributed by atoms with Crippen molar-refractivity contribution in [2.24, 2.45) is 27.9 Å². The number of hydrogen-bond donors (Lipinski definition) is 8. The van der Waals surface area contributed by atoms with E-state index in [2.05, 4.69) is 20.6 Å². The number of carboxylic acids is 1. The number of aromatic nitrogens is 1. The Morgan fingerprint density at radius 2 is 1.81 bits per heavy atom. The van der Waals surface area contributed by atoms with Gasteiger partial charge in [0.15, 0.2) is 5.96 Å². The summed E-state index contributed by atoms with van der Waals surface area (Å²) < 4.78 is 0. The minimum Gasteiger partial charge on any atom is -0.480 e. The summed E-state index contributed by atoms with van der Waals surface area (Å²) in [5.41, 5.74) is 23.9. The van der Waals surface area contributed by atoms with Crippen molar-refractivity contribution in [1.82, 2.24) is 20.5 Å². The van der Waals surface area contributed by atoms with Gasteiger partial charge < -0.3 is 48.6 Å². The number of carboxylic acid groups (broad SMARTS) is 1. The summed E-state index contributed by atoms with van der Waals surface area (Å²) in [5.74, 6) is -3.85. The number of nitrogens with zero attached hydrogens (tertiary/aromatic N) is 2. The average Bonchev–Trinajstić information content (AvgIpc) is 3.59. The normalized spacial score (nSPS) is 16.8. The van der Waals surface area contributed by atoms with Crippen LogP contribution in [0, 0.1) is 0 Å². The Kier molecular flexibility index (Phi) is 11.2. The molecule has 1 aliphatic heterocycles. The fourth-order valence-corrected chi connectivity index (χ4v) is 4.98. The van der Waals surface area contributed by atoms with Crippen LogP contribution in [-0.2, 0) is 30.4 Å². The van der Waals surface area contributed by atoms with Crippen molar-refractivity contribution < 1.29 is 29.1 Å². The van der Waals surface area contributed by atoms with Crippen molar-refractivity contribution >= 4 is 46.5 Å². The second-order valence-corrected chi connectivity index (χ2v) is 10.3. The van der Waals surface area contributed by atoms with Crippen LogP contribution in [0.1, 0.15) is 44.1 Å². The lowest BCUT2D eigenvalue weighted by atomic mass is 10.0. The minimum absolute atomic E-state index is 0.108. The van der Waals surface area contributed by atoms with Crippen LogP contribution in [0.5, 0.6) is 0 Å². The number of carbonyl (C=O) groups is 5. The largest absolute Gasteiger partial charge is 0.480 e. The number of carbonyl (C=O) groups excluding carboxylic acids is 4. The number of rotatable bonds is 15. The summed E-state index contributed by atoms with van der Waals surface area (Å²) in [5, 5.41) is 15.5. The number of nitrogens with two attached hydrogens (primary N) is 4. The molecule has 15 heteroatoms. The number of para-hydroxylation sites is 1. The van der Waals surface area contributed by atoms with Crippen LogP contribution in [0.2, 0.25) is 0 Å². The van der Waals surface area contributed by atoms with Crippen LogP contribution >= 0.6 is 0 Å². The van der Waals surface area contributed by atoms with E-state index in [1.165, 1.54) is 4.90 Å². The zero-order chi connectivity index (χ0) is 30.8. The van der Waals surface area contributed by atoms with Crippen LogP contribution in [0.15, 0.2) is 35.5 Å². The Labute approximate surface area is 242 Å². The Morgan fingerprint density at radius 3 is 2.50 bits per heavy atom. The quantitative estimate of drug-likeness (QED) is 0.0678. The van der Waals surface area contributed by atoms with Crippen molar-refractivity contribution in [3.63, 3.8) is 0 Å². The van der Waals surface area contributed by atoms with Gasteiger partial charge in [-0.25, -0.2) is 4.79 Å². The molecule has 1 aliphatic rings. The SMILES string of the molecule is NC(=O)CCC(NC(=O)C1CCCN1C(=O)C(CCCN=C(N)N)NC(=O)C(N)Cc1c[nH]c2ccccc12)C(=O)O. The number of primary amides is 1. The number of hydrogen-bond acceptors (Lipinski definition) is 7. The second-order valence-electron chi connectivity index (χ2n) is 10.3. The third-order valence-electron chi connectivity index (χ3n) is 7.14. The summed E-state index contributed by atoms with van der Waals surface area (Å²) in [7, 11) is 0. The van der Waals surface area contributed by atoms with Crippen molar-refractivity contribution in [3.05, 3.63) is 36.0 Å². The summed E-state index contributed by atoms with van der Waals surface area (Å²) in [6, 6.07) is 3.32. The van der Waals surface area contributed by atoms with Crippen molar-refractivity contribution in [3.8, 4) is 0 Å². The molecule has 0 aliphatic carbocycles. The predicted octanol–water partition coefficient (Wildman–Crippen LogP) is -1.60. The van der Waals surface area contributed by atoms with E-state index in [0.717, 1.165) is 16.5 Å². The molecule has 1 fully saturated rings. The summed E-state index contributed by atoms with van der Waals surface area (Å²) >= 11 is 0. The molecule has 2 heterocycles. The smallest absolute Gasteiger partial charge is 0.326 e. The molecule has 3 rings (SSSR count). The number of H-pyrrole nitrogens is 1. The Bertz CT molecular complexity index is 1320. The lowest BCUT2D eigenvalue weighted by Gasteiger charge is -2.30. The molecule has 42 heavy (non-hydrogen) atoms. The van der Waals surface area contributed by atoms with E-state index in [1.807, 2.05) is 24.3 Å². The molecule has 0 spiro atoms. The van der Waals surface area contributed by atoms with E-state index in [0.29, 0.717) is 19.3 Å². The fourth-order valence-electron chi connectivity index (χ4n) is 4.98. The van der Waals surface area contributed by atoms with Gasteiger partial charge in [-0.2, -0.15) is 0 Å². The molecular weight excluding hydrogens is 546 g/mol. The lowest BCUT2D eigenvalue weighted by Crippen LogP contribution is -2.57. The fraction of sp³-hybridized carbons (Fsp3) is 0.481. The number of aliphatic carboxylic acids is 1. The highest BCUT2D eigenvalue weighted by molar-refractivity contribution is 5.95. The number of aromatic amines is 1. The number of fused-ring (bicyclic) bond motifs is 1. The van der Waals surface area contributed by atoms with Crippen molar-refractivity contribution in [2.45, 2.75) is 69.1 Å². The molecule has 12 N–H and O–H groups in total. The number of nitrogens with one attached hydrogen (secondary N) is 3. The van der Waals surface area contributed by atoms with E-state index in [9.17, 15) is 29.1 Å². The standard InChI is InChI=1S/C27H39N9O6/c28-17(13-15-14-33-18-6-2-1-5-16(15)18)23(38)34-19(7-3-11-32-27(30)31)25(40)36-12-4-8-21(36)24(39)35-20(26(41)42)9-10-22(29)37/h1-2,5-6,14,17,19-21,33H,3-4,7-13,28H2,(H2,29,37)(H,34,38)(H,35,39)(H,41,42)(H4,30,31,32). The van der Waals surface area contributed by atoms with Gasteiger partial charge in [0.25, 0.3) is 0 Å². The van der Waals surface area contributed by atoms with Crippen LogP contribution in [-0.4, -0.2) is 87.8 Å². The van der Waals surface area contributed by atoms with Gasteiger partial charge >= 0.3 is 5.97 Å². The molecule has 1 aromatic carbocycles. The maximum absolute atomic E-state index is 13.7. The highest BCUT2D eigenvalue weighted by atomic mass is 16.4. The van der Waals surface area contributed by atoms with Gasteiger partial charge in [-0.3, -0.25) is 24.2 Å². The Balaban J connectivity index is 1.71. The number of amides is 4. The van der Waals surface area contributed by atoms with Gasteiger partial charge in [-0.1, -0.05) is 18.2 Å². The van der Waals surface area contributed by atoms with E-state index in [1.54, 1.807) is 6.20 Å². The van der Waals surface area contributed by atoms with Gasteiger partial charge in [0.05, 0.1) is 6.04 Å². The Morgan fingerprint density at radius 1 is 1.07 bits per heavy atom. The first kappa shape index (κ1) is 31.9. The first-order valence-corrected chi connectivity index (χ1v) is 13.8. The van der Waals surface area contributed by atoms with Gasteiger partial charge in [-0.15, -0.1) is 0 Å². The molecule has 228 valence electrons. The van der Waals surface area contributed by atoms with Crippen molar-refractivity contribution in [2.75, 3.05) is 13.1 Å². The zero-order valence-electron chi connectivity index (χ0n) is 23.3. The minimum atomic E-state index is -1.35. The van der Waals surface area contributed by atoms with Gasteiger partial charge in [0.2, 0.25) is 23.6 Å². The number of likely N-dealkylation sites (tertiary alicyclic amines) is 1. The maximum Gasteiger partial charge on any atom is 0.326 e. The molecule has 0 radical (unpaired) electrons. The molecule has 1 aromatic heterocycles. The molecule has 1 saturated heterocycles. The van der Waals surface area contributed by atoms with E-state index < -0.39 is 53.8 Å². The molecule has 2 aromatic rings. The summed E-state index contributed by atoms with van der Waals surface area (Å²) in [6.45, 7) is 0.449. The van der Waals surface area contributed by atoms with E-state index >= 15 is 0 Å². The number of guanidine groups is 1. The first-order valence-electron chi connectivity index (χ1n) is 13.8. The van der Waals surface area contributed by atoms with Crippen molar-refractivity contribution in [1.29, 1.82) is 0 Å². The topological polar surface area (TPSA) is 265 Å². The molecule has 0 bridgehead atoms. The van der Waals surface area contributed by atoms with E-state index in [4.69, 9.17) is 22.9 Å². The van der Waals surface area contributed by atoms with E-state index in [-0.39, 0.29) is 44.7 Å². The Hall–Kier alpha value is -4.66. The summed E-state index contributed by atoms with van der Waals surface area (Å²) in [6.07, 6.45) is 2.92. The number of aliphatic imine (C=N–C) groups is 1. The maximum atomic E-state index is 13.7. The van der Waals surface area contributed by atoms with Gasteiger partial charge in [0, 0.05) is 36.6 Å². The molecule has 15 nitrogen and oxygen atoms in total. The van der Waals surface area contributed by atoms with Crippen LogP contribution in [0.3, 0.4) is 0 Å². The predicted molar refractivity (Wildman–Crippen MR) is 155 cm³/mol. The third kappa shape index (κ3) is 8.67. The zero-order valence-corrected chi connectivity index (χ0v) is 23.3. The van der Waals surface area contributed by atoms with Crippen LogP contribution in [0.4, 0.5) is 0 Å². The molecule has 4 atom stereocenters. The molecule has 0 saturated carbocycles. The van der Waals surface area contributed by atoms with Gasteiger partial charge in [0.1, 0.15) is 18.1 Å². The lowest BCUT2D eigenvalue weighted by molar-refractivity contribution is -0.145. The highest BCUT2D eigenvalue weighted by Gasteiger charge is 2.39. The number of benzene rings is 1. The molecular formula is C27H39N9O6. The van der Waals surface area contributed by atoms with Crippen LogP contribution in [0.25, 0.3) is 10.9 Å². The first-order chi connectivity index (χ1) is 20.0. The highest BCUT2D eigenvalue weighted by Crippen LogP contribution is 2.21. The monoisotopic (exact) mass is 585 g/mol. The average molecular weight is 586 g/mol. The van der Waals surface area contributed by atoms with Gasteiger partial charge in [-0.05, 0) is 50.2 Å². The third-order valence-corrected chi connectivity index (χ3v) is 7.14. The second kappa shape index (κ2) is 14.8. The molecule has 4 amide bonds. The van der Waals surface area contributed by atoms with Crippen LogP contribution < -0.4 is 33.6 Å². The molecule has 4 unspecified atom stereocenters.